The molecule has 2 N–H and O–H groups in total. The first-order valence-electron chi connectivity index (χ1n) is 11.0. The van der Waals surface area contributed by atoms with Gasteiger partial charge in [-0.3, -0.25) is 9.89 Å². The highest BCUT2D eigenvalue weighted by Crippen LogP contribution is 2.32. The van der Waals surface area contributed by atoms with Crippen molar-refractivity contribution in [3.63, 3.8) is 0 Å². The molecule has 3 heterocycles. The lowest BCUT2D eigenvalue weighted by molar-refractivity contribution is -0.134. The molecule has 1 atom stereocenters. The van der Waals surface area contributed by atoms with Crippen LogP contribution in [0.2, 0.25) is 0 Å². The van der Waals surface area contributed by atoms with Gasteiger partial charge in [0, 0.05) is 13.1 Å². The van der Waals surface area contributed by atoms with Gasteiger partial charge < -0.3 is 15.0 Å². The molecule has 2 aromatic heterocycles. The predicted octanol–water partition coefficient (Wildman–Crippen LogP) is 4.45. The van der Waals surface area contributed by atoms with E-state index in [0.29, 0.717) is 18.7 Å². The maximum absolute atomic E-state index is 13.8. The molecule has 1 fully saturated rings. The lowest BCUT2D eigenvalue weighted by Crippen LogP contribution is -2.34. The lowest BCUT2D eigenvalue weighted by atomic mass is 10.1. The number of fused-ring (bicyclic) bond motifs is 1. The number of ether oxygens (including phenoxy) is 1. The first kappa shape index (κ1) is 20.9. The van der Waals surface area contributed by atoms with Crippen molar-refractivity contribution in [1.29, 1.82) is 0 Å². The molecule has 1 saturated heterocycles. The van der Waals surface area contributed by atoms with E-state index in [1.165, 1.54) is 12.1 Å². The summed E-state index contributed by atoms with van der Waals surface area (Å²) in [6.07, 6.45) is 1.69. The van der Waals surface area contributed by atoms with Crippen molar-refractivity contribution >= 4 is 22.8 Å². The number of nitrogens with one attached hydrogen (secondary N) is 2. The van der Waals surface area contributed by atoms with E-state index in [9.17, 15) is 9.18 Å². The number of benzene rings is 2. The molecule has 0 bridgehead atoms. The number of rotatable bonds is 7. The molecule has 0 saturated carbocycles. The molecule has 1 aliphatic heterocycles. The van der Waals surface area contributed by atoms with Crippen LogP contribution in [-0.2, 0) is 11.3 Å². The van der Waals surface area contributed by atoms with Gasteiger partial charge in [-0.05, 0) is 42.7 Å². The van der Waals surface area contributed by atoms with Gasteiger partial charge >= 0.3 is 0 Å². The van der Waals surface area contributed by atoms with Gasteiger partial charge in [0.2, 0.25) is 0 Å². The molecule has 0 radical (unpaired) electrons. The number of hydrogen-bond acceptors (Lipinski definition) is 5. The molecule has 168 valence electrons. The van der Waals surface area contributed by atoms with E-state index in [1.807, 2.05) is 30.3 Å². The quantitative estimate of drug-likeness (QED) is 0.439. The van der Waals surface area contributed by atoms with E-state index in [1.54, 1.807) is 17.0 Å². The summed E-state index contributed by atoms with van der Waals surface area (Å²) in [6, 6.07) is 20.0. The lowest BCUT2D eigenvalue weighted by Gasteiger charge is -2.24. The Kier molecular flexibility index (Phi) is 5.89. The summed E-state index contributed by atoms with van der Waals surface area (Å²) < 4.78 is 19.2. The summed E-state index contributed by atoms with van der Waals surface area (Å²) in [5.74, 6) is 0.156. The van der Waals surface area contributed by atoms with Gasteiger partial charge in [0.15, 0.2) is 29.6 Å². The van der Waals surface area contributed by atoms with Crippen LogP contribution in [-0.4, -0.2) is 39.1 Å². The fourth-order valence-electron chi connectivity index (χ4n) is 4.18. The SMILES string of the molecule is O=C(COc1ccccc1F)N1CCC[C@H]1c1ccc2c(NCc3ccccc3)n[nH]c2n1. The average molecular weight is 445 g/mol. The number of hydrogen-bond donors (Lipinski definition) is 2. The Bertz CT molecular complexity index is 1260. The van der Waals surface area contributed by atoms with Gasteiger partial charge in [-0.25, -0.2) is 9.37 Å². The fraction of sp³-hybridized carbons (Fsp3) is 0.240. The topological polar surface area (TPSA) is 83.1 Å². The molecule has 0 unspecified atom stereocenters. The molecule has 7 nitrogen and oxygen atoms in total. The van der Waals surface area contributed by atoms with Crippen molar-refractivity contribution in [1.82, 2.24) is 20.1 Å². The number of aromatic amines is 1. The van der Waals surface area contributed by atoms with Crippen molar-refractivity contribution in [3.8, 4) is 5.75 Å². The normalized spacial score (nSPS) is 15.7. The fourth-order valence-corrected chi connectivity index (χ4v) is 4.18. The Morgan fingerprint density at radius 1 is 1.12 bits per heavy atom. The van der Waals surface area contributed by atoms with Crippen LogP contribution in [0.3, 0.4) is 0 Å². The molecule has 33 heavy (non-hydrogen) atoms. The smallest absolute Gasteiger partial charge is 0.261 e. The number of halogens is 1. The summed E-state index contributed by atoms with van der Waals surface area (Å²) in [5.41, 5.74) is 2.64. The molecular weight excluding hydrogens is 421 g/mol. The van der Waals surface area contributed by atoms with E-state index in [2.05, 4.69) is 27.6 Å². The first-order valence-corrected chi connectivity index (χ1v) is 11.0. The third-order valence-corrected chi connectivity index (χ3v) is 5.85. The van der Waals surface area contributed by atoms with Gasteiger partial charge in [0.05, 0.1) is 17.1 Å². The Morgan fingerprint density at radius 2 is 1.94 bits per heavy atom. The zero-order valence-electron chi connectivity index (χ0n) is 18.0. The summed E-state index contributed by atoms with van der Waals surface area (Å²) in [7, 11) is 0. The van der Waals surface area contributed by atoms with E-state index in [0.717, 1.165) is 35.3 Å². The summed E-state index contributed by atoms with van der Waals surface area (Å²) in [4.78, 5) is 19.3. The van der Waals surface area contributed by atoms with Crippen molar-refractivity contribution in [2.45, 2.75) is 25.4 Å². The Morgan fingerprint density at radius 3 is 2.79 bits per heavy atom. The number of H-pyrrole nitrogens is 1. The zero-order chi connectivity index (χ0) is 22.6. The molecule has 5 rings (SSSR count). The van der Waals surface area contributed by atoms with Crippen molar-refractivity contribution < 1.29 is 13.9 Å². The van der Waals surface area contributed by atoms with E-state index >= 15 is 0 Å². The van der Waals surface area contributed by atoms with Gasteiger partial charge in [0.1, 0.15) is 0 Å². The minimum absolute atomic E-state index is 0.0779. The van der Waals surface area contributed by atoms with E-state index in [4.69, 9.17) is 9.72 Å². The van der Waals surface area contributed by atoms with Crippen LogP contribution in [0.15, 0.2) is 66.7 Å². The average Bonchev–Trinajstić information content (AvgIpc) is 3.50. The standard InChI is InChI=1S/C25H24FN5O2/c26-19-9-4-5-11-22(19)33-16-23(32)31-14-6-10-21(31)20-13-12-18-24(29-30-25(18)28-20)27-15-17-7-2-1-3-8-17/h1-5,7-9,11-13,21H,6,10,14-16H2,(H2,27,28,29,30)/t21-/m0/s1. The third-order valence-electron chi connectivity index (χ3n) is 5.85. The molecule has 2 aromatic carbocycles. The van der Waals surface area contributed by atoms with Crippen LogP contribution in [0, 0.1) is 5.82 Å². The number of likely N-dealkylation sites (tertiary alicyclic amines) is 1. The highest BCUT2D eigenvalue weighted by Gasteiger charge is 2.31. The number of nitrogens with zero attached hydrogens (tertiary/aromatic N) is 3. The van der Waals surface area contributed by atoms with Crippen molar-refractivity contribution in [2.75, 3.05) is 18.5 Å². The molecule has 4 aromatic rings. The molecular formula is C25H24FN5O2. The van der Waals surface area contributed by atoms with Crippen molar-refractivity contribution in [3.05, 3.63) is 83.8 Å². The van der Waals surface area contributed by atoms with Crippen LogP contribution in [0.4, 0.5) is 10.2 Å². The summed E-state index contributed by atoms with van der Waals surface area (Å²) in [6.45, 7) is 1.07. The molecule has 0 spiro atoms. The number of carbonyl (C=O) groups excluding carboxylic acids is 1. The van der Waals surface area contributed by atoms with Crippen LogP contribution >= 0.6 is 0 Å². The number of amides is 1. The maximum Gasteiger partial charge on any atom is 0.261 e. The molecule has 1 aliphatic rings. The van der Waals surface area contributed by atoms with Crippen LogP contribution in [0.5, 0.6) is 5.75 Å². The highest BCUT2D eigenvalue weighted by atomic mass is 19.1. The monoisotopic (exact) mass is 445 g/mol. The van der Waals surface area contributed by atoms with Gasteiger partial charge in [0.25, 0.3) is 5.91 Å². The second-order valence-electron chi connectivity index (χ2n) is 8.01. The second-order valence-corrected chi connectivity index (χ2v) is 8.01. The summed E-state index contributed by atoms with van der Waals surface area (Å²) in [5, 5.41) is 11.6. The number of aromatic nitrogens is 3. The number of anilines is 1. The zero-order valence-corrected chi connectivity index (χ0v) is 18.0. The van der Waals surface area contributed by atoms with Crippen LogP contribution in [0.1, 0.15) is 30.1 Å². The minimum atomic E-state index is -0.480. The Balaban J connectivity index is 1.27. The highest BCUT2D eigenvalue weighted by molar-refractivity contribution is 5.87. The van der Waals surface area contributed by atoms with Gasteiger partial charge in [-0.2, -0.15) is 5.10 Å². The van der Waals surface area contributed by atoms with E-state index in [-0.39, 0.29) is 24.3 Å². The number of pyridine rings is 1. The summed E-state index contributed by atoms with van der Waals surface area (Å²) >= 11 is 0. The Labute approximate surface area is 190 Å². The molecule has 8 heteroatoms. The van der Waals surface area contributed by atoms with Crippen LogP contribution in [0.25, 0.3) is 11.0 Å². The second kappa shape index (κ2) is 9.28. The largest absolute Gasteiger partial charge is 0.481 e. The third kappa shape index (κ3) is 4.50. The maximum atomic E-state index is 13.8. The molecule has 1 amide bonds. The number of para-hydroxylation sites is 1. The Hall–Kier alpha value is -3.94. The first-order chi connectivity index (χ1) is 16.2. The van der Waals surface area contributed by atoms with Crippen LogP contribution < -0.4 is 10.1 Å². The molecule has 0 aliphatic carbocycles. The minimum Gasteiger partial charge on any atom is -0.481 e. The van der Waals surface area contributed by atoms with Gasteiger partial charge in [-0.1, -0.05) is 42.5 Å². The predicted molar refractivity (Wildman–Crippen MR) is 123 cm³/mol. The van der Waals surface area contributed by atoms with Crippen molar-refractivity contribution in [2.24, 2.45) is 0 Å². The van der Waals surface area contributed by atoms with E-state index < -0.39 is 5.82 Å². The number of carbonyl (C=O) groups is 1. The van der Waals surface area contributed by atoms with Gasteiger partial charge in [-0.15, -0.1) is 0 Å².